The Hall–Kier alpha value is -1.02. The maximum Gasteiger partial charge on any atom is 0.122 e. The minimum Gasteiger partial charge on any atom is -0.496 e. The van der Waals surface area contributed by atoms with Gasteiger partial charge in [0.05, 0.1) is 7.11 Å². The molecule has 0 amide bonds. The number of ether oxygens (including phenoxy) is 1. The summed E-state index contributed by atoms with van der Waals surface area (Å²) in [6.07, 6.45) is 3.90. The second-order valence-corrected chi connectivity index (χ2v) is 6.18. The highest BCUT2D eigenvalue weighted by Crippen LogP contribution is 2.38. The Morgan fingerprint density at radius 1 is 1.26 bits per heavy atom. The molecule has 0 saturated heterocycles. The number of rotatable bonds is 6. The molecule has 0 bridgehead atoms. The maximum atomic E-state index is 5.49. The van der Waals surface area contributed by atoms with Gasteiger partial charge in [0.1, 0.15) is 5.75 Å². The van der Waals surface area contributed by atoms with E-state index < -0.39 is 0 Å². The molecule has 1 saturated carbocycles. The molecule has 1 N–H and O–H groups in total. The molecule has 2 nitrogen and oxygen atoms in total. The fraction of sp³-hybridized carbons (Fsp3) is 0.647. The molecule has 2 rings (SSSR count). The van der Waals surface area contributed by atoms with Gasteiger partial charge in [-0.05, 0) is 56.2 Å². The molecule has 19 heavy (non-hydrogen) atoms. The van der Waals surface area contributed by atoms with E-state index >= 15 is 0 Å². The molecule has 1 aromatic rings. The zero-order chi connectivity index (χ0) is 13.8. The fourth-order valence-electron chi connectivity index (χ4n) is 2.91. The third-order valence-electron chi connectivity index (χ3n) is 4.28. The Kier molecular flexibility index (Phi) is 4.87. The van der Waals surface area contributed by atoms with Crippen LogP contribution in [0.15, 0.2) is 18.2 Å². The highest BCUT2D eigenvalue weighted by atomic mass is 16.5. The Labute approximate surface area is 117 Å². The van der Waals surface area contributed by atoms with Crippen molar-refractivity contribution in [2.24, 2.45) is 11.8 Å². The quantitative estimate of drug-likeness (QED) is 0.845. The van der Waals surface area contributed by atoms with Gasteiger partial charge in [0.25, 0.3) is 0 Å². The molecule has 1 aliphatic carbocycles. The molecule has 106 valence electrons. The van der Waals surface area contributed by atoms with E-state index in [0.717, 1.165) is 30.6 Å². The van der Waals surface area contributed by atoms with Gasteiger partial charge in [0, 0.05) is 6.04 Å². The molecule has 1 aliphatic rings. The summed E-state index contributed by atoms with van der Waals surface area (Å²) in [6, 6.07) is 7.10. The van der Waals surface area contributed by atoms with Crippen molar-refractivity contribution in [1.29, 1.82) is 0 Å². The number of benzene rings is 1. The van der Waals surface area contributed by atoms with E-state index in [-0.39, 0.29) is 0 Å². The molecule has 2 unspecified atom stereocenters. The Morgan fingerprint density at radius 2 is 2.00 bits per heavy atom. The lowest BCUT2D eigenvalue weighted by Crippen LogP contribution is -2.38. The van der Waals surface area contributed by atoms with Crippen LogP contribution >= 0.6 is 0 Å². The first-order chi connectivity index (χ1) is 9.10. The minimum atomic E-state index is 0.592. The van der Waals surface area contributed by atoms with Crippen LogP contribution in [0.3, 0.4) is 0 Å². The molecule has 1 fully saturated rings. The number of aryl methyl sites for hydroxylation is 1. The molecule has 2 heteroatoms. The SMILES string of the molecule is COc1ccc(C)cc1CC1CCC1CNC(C)C. The first-order valence-electron chi connectivity index (χ1n) is 7.47. The van der Waals surface area contributed by atoms with Gasteiger partial charge in [-0.2, -0.15) is 0 Å². The summed E-state index contributed by atoms with van der Waals surface area (Å²) in [5.41, 5.74) is 2.70. The molecular weight excluding hydrogens is 234 g/mol. The van der Waals surface area contributed by atoms with E-state index in [4.69, 9.17) is 4.74 Å². The van der Waals surface area contributed by atoms with Crippen molar-refractivity contribution in [2.75, 3.05) is 13.7 Å². The summed E-state index contributed by atoms with van der Waals surface area (Å²) in [4.78, 5) is 0. The molecule has 0 heterocycles. The van der Waals surface area contributed by atoms with Crippen molar-refractivity contribution in [1.82, 2.24) is 5.32 Å². The second kappa shape index (κ2) is 6.42. The van der Waals surface area contributed by atoms with Gasteiger partial charge in [0.2, 0.25) is 0 Å². The zero-order valence-corrected chi connectivity index (χ0v) is 12.7. The molecule has 0 spiro atoms. The second-order valence-electron chi connectivity index (χ2n) is 6.18. The van der Waals surface area contributed by atoms with E-state index in [1.165, 1.54) is 24.0 Å². The van der Waals surface area contributed by atoms with Crippen LogP contribution in [0.5, 0.6) is 5.75 Å². The monoisotopic (exact) mass is 261 g/mol. The van der Waals surface area contributed by atoms with Gasteiger partial charge in [-0.3, -0.25) is 0 Å². The van der Waals surface area contributed by atoms with Crippen molar-refractivity contribution >= 4 is 0 Å². The predicted octanol–water partition coefficient (Wildman–Crippen LogP) is 3.57. The van der Waals surface area contributed by atoms with Crippen LogP contribution in [0.25, 0.3) is 0 Å². The van der Waals surface area contributed by atoms with Crippen LogP contribution in [-0.2, 0) is 6.42 Å². The van der Waals surface area contributed by atoms with Gasteiger partial charge in [-0.1, -0.05) is 31.5 Å². The Balaban J connectivity index is 1.95. The smallest absolute Gasteiger partial charge is 0.122 e. The summed E-state index contributed by atoms with van der Waals surface area (Å²) in [7, 11) is 1.77. The molecule has 0 aromatic heterocycles. The van der Waals surface area contributed by atoms with Crippen molar-refractivity contribution in [3.8, 4) is 5.75 Å². The van der Waals surface area contributed by atoms with Crippen molar-refractivity contribution in [2.45, 2.75) is 46.1 Å². The molecule has 1 aromatic carbocycles. The average Bonchev–Trinajstić information content (AvgIpc) is 2.34. The first kappa shape index (κ1) is 14.4. The summed E-state index contributed by atoms with van der Waals surface area (Å²) in [6.45, 7) is 7.76. The van der Waals surface area contributed by atoms with Crippen molar-refractivity contribution in [3.05, 3.63) is 29.3 Å². The van der Waals surface area contributed by atoms with E-state index in [1.54, 1.807) is 7.11 Å². The molecule has 0 aliphatic heterocycles. The van der Waals surface area contributed by atoms with Crippen LogP contribution in [0.2, 0.25) is 0 Å². The normalized spacial score (nSPS) is 22.4. The minimum absolute atomic E-state index is 0.592. The van der Waals surface area contributed by atoms with Gasteiger partial charge in [0.15, 0.2) is 0 Å². The largest absolute Gasteiger partial charge is 0.496 e. The van der Waals surface area contributed by atoms with Crippen LogP contribution in [0.1, 0.15) is 37.8 Å². The van der Waals surface area contributed by atoms with E-state index in [1.807, 2.05) is 0 Å². The third kappa shape index (κ3) is 3.73. The number of methoxy groups -OCH3 is 1. The lowest BCUT2D eigenvalue weighted by Gasteiger charge is -2.38. The third-order valence-corrected chi connectivity index (χ3v) is 4.28. The lowest BCUT2D eigenvalue weighted by molar-refractivity contribution is 0.166. The van der Waals surface area contributed by atoms with Gasteiger partial charge >= 0.3 is 0 Å². The van der Waals surface area contributed by atoms with Crippen molar-refractivity contribution < 1.29 is 4.74 Å². The van der Waals surface area contributed by atoms with Crippen molar-refractivity contribution in [3.63, 3.8) is 0 Å². The topological polar surface area (TPSA) is 21.3 Å². The molecule has 2 atom stereocenters. The highest BCUT2D eigenvalue weighted by molar-refractivity contribution is 5.37. The summed E-state index contributed by atoms with van der Waals surface area (Å²) >= 11 is 0. The summed E-state index contributed by atoms with van der Waals surface area (Å²) in [5.74, 6) is 2.71. The van der Waals surface area contributed by atoms with E-state index in [9.17, 15) is 0 Å². The molecular formula is C17H27NO. The Bertz CT molecular complexity index is 414. The number of hydrogen-bond donors (Lipinski definition) is 1. The first-order valence-corrected chi connectivity index (χ1v) is 7.47. The van der Waals surface area contributed by atoms with Crippen LogP contribution in [-0.4, -0.2) is 19.7 Å². The van der Waals surface area contributed by atoms with E-state index in [2.05, 4.69) is 44.3 Å². The van der Waals surface area contributed by atoms with Gasteiger partial charge in [-0.25, -0.2) is 0 Å². The summed E-state index contributed by atoms with van der Waals surface area (Å²) in [5, 5.41) is 3.57. The van der Waals surface area contributed by atoms with Crippen LogP contribution < -0.4 is 10.1 Å². The molecule has 0 radical (unpaired) electrons. The zero-order valence-electron chi connectivity index (χ0n) is 12.7. The Morgan fingerprint density at radius 3 is 2.58 bits per heavy atom. The van der Waals surface area contributed by atoms with Gasteiger partial charge < -0.3 is 10.1 Å². The summed E-state index contributed by atoms with van der Waals surface area (Å²) < 4.78 is 5.49. The standard InChI is InChI=1S/C17H27NO/c1-12(2)18-11-15-7-6-14(15)10-16-9-13(3)5-8-17(16)19-4/h5,8-9,12,14-15,18H,6-7,10-11H2,1-4H3. The lowest BCUT2D eigenvalue weighted by atomic mass is 9.70. The predicted molar refractivity (Wildman–Crippen MR) is 80.8 cm³/mol. The number of nitrogens with one attached hydrogen (secondary N) is 1. The number of hydrogen-bond acceptors (Lipinski definition) is 2. The van der Waals surface area contributed by atoms with Gasteiger partial charge in [-0.15, -0.1) is 0 Å². The van der Waals surface area contributed by atoms with Crippen LogP contribution in [0.4, 0.5) is 0 Å². The fourth-order valence-corrected chi connectivity index (χ4v) is 2.91. The average molecular weight is 261 g/mol. The maximum absolute atomic E-state index is 5.49. The highest BCUT2D eigenvalue weighted by Gasteiger charge is 2.31. The van der Waals surface area contributed by atoms with Crippen LogP contribution in [0, 0.1) is 18.8 Å². The van der Waals surface area contributed by atoms with E-state index in [0.29, 0.717) is 6.04 Å².